The number of methoxy groups -OCH3 is 1. The van der Waals surface area contributed by atoms with Crippen LogP contribution in [0, 0.1) is 24.1 Å². The standard InChI is InChI=1S/C21H17FN2O2/c1-14-11-17(12-23)21(16-3-7-18(22)8-4-16)24(14)13-20(25)15-5-9-19(26-2)10-6-15/h3-11H,13H2,1-2H3. The lowest BCUT2D eigenvalue weighted by molar-refractivity contribution is 0.0972. The summed E-state index contributed by atoms with van der Waals surface area (Å²) in [6, 6.07) is 16.7. The van der Waals surface area contributed by atoms with Crippen molar-refractivity contribution in [1.29, 1.82) is 5.26 Å². The molecule has 1 heterocycles. The van der Waals surface area contributed by atoms with E-state index in [1.807, 2.05) is 6.92 Å². The molecule has 0 aliphatic carbocycles. The van der Waals surface area contributed by atoms with E-state index in [-0.39, 0.29) is 18.1 Å². The lowest BCUT2D eigenvalue weighted by Crippen LogP contribution is -2.13. The summed E-state index contributed by atoms with van der Waals surface area (Å²) >= 11 is 0. The van der Waals surface area contributed by atoms with Gasteiger partial charge in [0.05, 0.1) is 24.9 Å². The molecule has 3 aromatic rings. The second-order valence-corrected chi connectivity index (χ2v) is 5.90. The first-order valence-corrected chi connectivity index (χ1v) is 8.07. The second kappa shape index (κ2) is 7.24. The van der Waals surface area contributed by atoms with Gasteiger partial charge in [-0.1, -0.05) is 0 Å². The summed E-state index contributed by atoms with van der Waals surface area (Å²) in [4.78, 5) is 12.7. The maximum Gasteiger partial charge on any atom is 0.182 e. The Morgan fingerprint density at radius 2 is 1.81 bits per heavy atom. The molecule has 0 unspecified atom stereocenters. The van der Waals surface area contributed by atoms with Gasteiger partial charge in [0.1, 0.15) is 17.6 Å². The van der Waals surface area contributed by atoms with E-state index in [0.717, 1.165) is 5.69 Å². The Morgan fingerprint density at radius 3 is 2.38 bits per heavy atom. The minimum atomic E-state index is -0.351. The molecule has 1 aromatic heterocycles. The number of ketones is 1. The molecule has 0 radical (unpaired) electrons. The summed E-state index contributed by atoms with van der Waals surface area (Å²) in [5, 5.41) is 9.44. The number of Topliss-reactive ketones (excluding diaryl/α,β-unsaturated/α-hetero) is 1. The molecule has 26 heavy (non-hydrogen) atoms. The molecule has 4 nitrogen and oxygen atoms in total. The van der Waals surface area contributed by atoms with E-state index in [2.05, 4.69) is 6.07 Å². The number of nitriles is 1. The van der Waals surface area contributed by atoms with E-state index in [1.165, 1.54) is 12.1 Å². The molecular weight excluding hydrogens is 331 g/mol. The van der Waals surface area contributed by atoms with Crippen LogP contribution in [-0.2, 0) is 6.54 Å². The van der Waals surface area contributed by atoms with Gasteiger partial charge in [-0.05, 0) is 67.1 Å². The predicted molar refractivity (Wildman–Crippen MR) is 96.6 cm³/mol. The molecule has 0 aliphatic heterocycles. The van der Waals surface area contributed by atoms with E-state index >= 15 is 0 Å². The molecule has 0 saturated heterocycles. The van der Waals surface area contributed by atoms with E-state index in [0.29, 0.717) is 28.1 Å². The van der Waals surface area contributed by atoms with Gasteiger partial charge in [-0.2, -0.15) is 5.26 Å². The molecule has 0 atom stereocenters. The number of aryl methyl sites for hydroxylation is 1. The van der Waals surface area contributed by atoms with Gasteiger partial charge in [-0.15, -0.1) is 0 Å². The lowest BCUT2D eigenvalue weighted by atomic mass is 10.1. The third-order valence-corrected chi connectivity index (χ3v) is 4.26. The van der Waals surface area contributed by atoms with Crippen LogP contribution in [0.4, 0.5) is 4.39 Å². The highest BCUT2D eigenvalue weighted by molar-refractivity contribution is 5.96. The van der Waals surface area contributed by atoms with Crippen molar-refractivity contribution >= 4 is 5.78 Å². The molecule has 0 saturated carbocycles. The fourth-order valence-electron chi connectivity index (χ4n) is 2.90. The van der Waals surface area contributed by atoms with Gasteiger partial charge < -0.3 is 9.30 Å². The number of rotatable bonds is 5. The van der Waals surface area contributed by atoms with E-state index in [9.17, 15) is 14.4 Å². The Kier molecular flexibility index (Phi) is 4.85. The average Bonchev–Trinajstić information content (AvgIpc) is 2.98. The van der Waals surface area contributed by atoms with Crippen LogP contribution in [0.25, 0.3) is 11.3 Å². The third kappa shape index (κ3) is 3.35. The van der Waals surface area contributed by atoms with Crippen molar-refractivity contribution in [1.82, 2.24) is 4.57 Å². The first-order valence-electron chi connectivity index (χ1n) is 8.07. The Hall–Kier alpha value is -3.39. The van der Waals surface area contributed by atoms with Crippen molar-refractivity contribution in [2.24, 2.45) is 0 Å². The summed E-state index contributed by atoms with van der Waals surface area (Å²) in [5.74, 6) is 0.244. The number of carbonyl (C=O) groups is 1. The number of hydrogen-bond donors (Lipinski definition) is 0. The summed E-state index contributed by atoms with van der Waals surface area (Å²) < 4.78 is 20.1. The monoisotopic (exact) mass is 348 g/mol. The molecule has 0 amide bonds. The van der Waals surface area contributed by atoms with Crippen molar-refractivity contribution in [2.45, 2.75) is 13.5 Å². The molecule has 3 rings (SSSR count). The van der Waals surface area contributed by atoms with Gasteiger partial charge in [-0.3, -0.25) is 4.79 Å². The molecule has 0 aliphatic rings. The Balaban J connectivity index is 1.99. The van der Waals surface area contributed by atoms with Crippen LogP contribution in [0.3, 0.4) is 0 Å². The number of aromatic nitrogens is 1. The zero-order valence-electron chi connectivity index (χ0n) is 14.5. The smallest absolute Gasteiger partial charge is 0.182 e. The van der Waals surface area contributed by atoms with Gasteiger partial charge in [0, 0.05) is 11.3 Å². The topological polar surface area (TPSA) is 55.0 Å². The van der Waals surface area contributed by atoms with E-state index < -0.39 is 0 Å². The first-order chi connectivity index (χ1) is 12.5. The highest BCUT2D eigenvalue weighted by atomic mass is 19.1. The summed E-state index contributed by atoms with van der Waals surface area (Å²) in [7, 11) is 1.57. The highest BCUT2D eigenvalue weighted by Gasteiger charge is 2.18. The highest BCUT2D eigenvalue weighted by Crippen LogP contribution is 2.28. The molecule has 130 valence electrons. The van der Waals surface area contributed by atoms with Crippen LogP contribution >= 0.6 is 0 Å². The van der Waals surface area contributed by atoms with Gasteiger partial charge in [0.25, 0.3) is 0 Å². The quantitative estimate of drug-likeness (QED) is 0.644. The van der Waals surface area contributed by atoms with Crippen molar-refractivity contribution in [3.8, 4) is 23.1 Å². The van der Waals surface area contributed by atoms with Crippen LogP contribution in [0.2, 0.25) is 0 Å². The van der Waals surface area contributed by atoms with E-state index in [4.69, 9.17) is 4.74 Å². The second-order valence-electron chi connectivity index (χ2n) is 5.90. The van der Waals surface area contributed by atoms with Crippen LogP contribution in [0.5, 0.6) is 5.75 Å². The maximum atomic E-state index is 13.2. The zero-order chi connectivity index (χ0) is 18.7. The average molecular weight is 348 g/mol. The van der Waals surface area contributed by atoms with Crippen LogP contribution < -0.4 is 4.74 Å². The summed E-state index contributed by atoms with van der Waals surface area (Å²) in [6.45, 7) is 1.93. The lowest BCUT2D eigenvalue weighted by Gasteiger charge is -2.12. The van der Waals surface area contributed by atoms with Crippen LogP contribution in [-0.4, -0.2) is 17.5 Å². The minimum absolute atomic E-state index is 0.0841. The van der Waals surface area contributed by atoms with Crippen LogP contribution in [0.1, 0.15) is 21.6 Å². The number of benzene rings is 2. The zero-order valence-corrected chi connectivity index (χ0v) is 14.5. The summed E-state index contributed by atoms with van der Waals surface area (Å²) in [6.07, 6.45) is 0. The first kappa shape index (κ1) is 17.4. The molecule has 0 bridgehead atoms. The SMILES string of the molecule is COc1ccc(C(=O)Cn2c(C)cc(C#N)c2-c2ccc(F)cc2)cc1. The number of nitrogens with zero attached hydrogens (tertiary/aromatic N) is 2. The fourth-order valence-corrected chi connectivity index (χ4v) is 2.90. The van der Waals surface area contributed by atoms with E-state index in [1.54, 1.807) is 54.1 Å². The van der Waals surface area contributed by atoms with Gasteiger partial charge in [0.15, 0.2) is 5.78 Å². The Bertz CT molecular complexity index is 981. The third-order valence-electron chi connectivity index (χ3n) is 4.26. The molecule has 0 N–H and O–H groups in total. The number of hydrogen-bond acceptors (Lipinski definition) is 3. The predicted octanol–water partition coefficient (Wildman–Crippen LogP) is 4.37. The molecule has 2 aromatic carbocycles. The van der Waals surface area contributed by atoms with Crippen molar-refractivity contribution in [2.75, 3.05) is 7.11 Å². The van der Waals surface area contributed by atoms with Gasteiger partial charge in [0.2, 0.25) is 0 Å². The molecule has 0 fully saturated rings. The van der Waals surface area contributed by atoms with Crippen molar-refractivity contribution in [3.05, 3.63) is 77.2 Å². The van der Waals surface area contributed by atoms with Gasteiger partial charge >= 0.3 is 0 Å². The largest absolute Gasteiger partial charge is 0.497 e. The van der Waals surface area contributed by atoms with Crippen molar-refractivity contribution in [3.63, 3.8) is 0 Å². The fraction of sp³-hybridized carbons (Fsp3) is 0.143. The molecule has 5 heteroatoms. The number of halogens is 1. The molecular formula is C21H17FN2O2. The van der Waals surface area contributed by atoms with Crippen molar-refractivity contribution < 1.29 is 13.9 Å². The summed E-state index contributed by atoms with van der Waals surface area (Å²) in [5.41, 5.74) is 3.12. The Morgan fingerprint density at radius 1 is 1.15 bits per heavy atom. The number of carbonyl (C=O) groups excluding carboxylic acids is 1. The normalized spacial score (nSPS) is 10.4. The van der Waals surface area contributed by atoms with Crippen LogP contribution in [0.15, 0.2) is 54.6 Å². The number of ether oxygens (including phenoxy) is 1. The Labute approximate surface area is 151 Å². The van der Waals surface area contributed by atoms with Gasteiger partial charge in [-0.25, -0.2) is 4.39 Å². The minimum Gasteiger partial charge on any atom is -0.497 e. The maximum absolute atomic E-state index is 13.2. The molecule has 0 spiro atoms.